The number of nitrogens with one attached hydrogen (secondary N) is 1. The van der Waals surface area contributed by atoms with E-state index in [0.717, 1.165) is 31.6 Å². The third-order valence-electron chi connectivity index (χ3n) is 4.75. The molecule has 6 heteroatoms. The van der Waals surface area contributed by atoms with Crippen LogP contribution in [0.4, 0.5) is 0 Å². The number of benzene rings is 1. The molecule has 1 aromatic rings. The van der Waals surface area contributed by atoms with Crippen molar-refractivity contribution in [2.75, 3.05) is 33.2 Å². The zero-order valence-electron chi connectivity index (χ0n) is 13.3. The van der Waals surface area contributed by atoms with Gasteiger partial charge >= 0.3 is 0 Å². The summed E-state index contributed by atoms with van der Waals surface area (Å²) in [4.78, 5) is 28.8. The van der Waals surface area contributed by atoms with Crippen molar-refractivity contribution in [2.45, 2.75) is 18.9 Å². The van der Waals surface area contributed by atoms with Crippen molar-refractivity contribution in [3.63, 3.8) is 0 Å². The molecule has 0 radical (unpaired) electrons. The summed E-state index contributed by atoms with van der Waals surface area (Å²) in [5.41, 5.74) is 0.928. The molecule has 2 saturated heterocycles. The molecule has 1 N–H and O–H groups in total. The van der Waals surface area contributed by atoms with Gasteiger partial charge in [-0.2, -0.15) is 0 Å². The molecule has 2 heterocycles. The highest BCUT2D eigenvalue weighted by molar-refractivity contribution is 6.30. The molecule has 0 aromatic heterocycles. The maximum atomic E-state index is 13.0. The van der Waals surface area contributed by atoms with E-state index in [2.05, 4.69) is 5.32 Å². The van der Waals surface area contributed by atoms with Crippen LogP contribution in [0.1, 0.15) is 24.4 Å². The molecule has 0 saturated carbocycles. The summed E-state index contributed by atoms with van der Waals surface area (Å²) in [7, 11) is 1.77. The van der Waals surface area contributed by atoms with E-state index in [4.69, 9.17) is 11.6 Å². The Labute approximate surface area is 141 Å². The number of amides is 2. The smallest absolute Gasteiger partial charge is 0.228 e. The van der Waals surface area contributed by atoms with Crippen molar-refractivity contribution in [3.8, 4) is 0 Å². The van der Waals surface area contributed by atoms with Crippen LogP contribution >= 0.6 is 11.6 Å². The monoisotopic (exact) mass is 335 g/mol. The van der Waals surface area contributed by atoms with E-state index in [1.807, 2.05) is 23.1 Å². The topological polar surface area (TPSA) is 52.7 Å². The summed E-state index contributed by atoms with van der Waals surface area (Å²) in [6.07, 6.45) is 1.22. The van der Waals surface area contributed by atoms with Crippen molar-refractivity contribution in [1.29, 1.82) is 0 Å². The van der Waals surface area contributed by atoms with Gasteiger partial charge in [0.25, 0.3) is 0 Å². The predicted molar refractivity (Wildman–Crippen MR) is 89.1 cm³/mol. The number of halogens is 1. The normalized spacial score (nSPS) is 25.6. The lowest BCUT2D eigenvalue weighted by atomic mass is 9.92. The Bertz CT molecular complexity index is 599. The van der Waals surface area contributed by atoms with Gasteiger partial charge in [0.05, 0.1) is 12.0 Å². The Morgan fingerprint density at radius 1 is 1.30 bits per heavy atom. The first-order valence-corrected chi connectivity index (χ1v) is 8.46. The summed E-state index contributed by atoms with van der Waals surface area (Å²) >= 11 is 6.10. The number of hydrogen-bond acceptors (Lipinski definition) is 3. The number of likely N-dealkylation sites (tertiary alicyclic amines) is 1. The van der Waals surface area contributed by atoms with Crippen LogP contribution in [0.3, 0.4) is 0 Å². The molecular formula is C17H22ClN3O2. The summed E-state index contributed by atoms with van der Waals surface area (Å²) in [6, 6.07) is 7.23. The van der Waals surface area contributed by atoms with Gasteiger partial charge in [-0.05, 0) is 30.7 Å². The zero-order chi connectivity index (χ0) is 16.4. The molecule has 0 spiro atoms. The van der Waals surface area contributed by atoms with Gasteiger partial charge in [-0.3, -0.25) is 9.59 Å². The maximum absolute atomic E-state index is 13.0. The van der Waals surface area contributed by atoms with Gasteiger partial charge in [-0.15, -0.1) is 0 Å². The SMILES string of the molecule is CN1C(=O)CC(C(=O)N2CCCNCC2)C1c1cccc(Cl)c1. The Kier molecular flexibility index (Phi) is 4.87. The van der Waals surface area contributed by atoms with Gasteiger partial charge in [0.15, 0.2) is 0 Å². The average molecular weight is 336 g/mol. The predicted octanol–water partition coefficient (Wildman–Crippen LogP) is 1.68. The molecular weight excluding hydrogens is 314 g/mol. The molecule has 2 atom stereocenters. The third kappa shape index (κ3) is 3.35. The highest BCUT2D eigenvalue weighted by Gasteiger charge is 2.44. The maximum Gasteiger partial charge on any atom is 0.228 e. The third-order valence-corrected chi connectivity index (χ3v) is 4.98. The molecule has 2 unspecified atom stereocenters. The fourth-order valence-corrected chi connectivity index (χ4v) is 3.74. The van der Waals surface area contributed by atoms with E-state index in [1.165, 1.54) is 0 Å². The zero-order valence-corrected chi connectivity index (χ0v) is 14.1. The van der Waals surface area contributed by atoms with E-state index in [9.17, 15) is 9.59 Å². The minimum atomic E-state index is -0.330. The highest BCUT2D eigenvalue weighted by atomic mass is 35.5. The van der Waals surface area contributed by atoms with Gasteiger partial charge in [0.2, 0.25) is 11.8 Å². The largest absolute Gasteiger partial charge is 0.341 e. The van der Waals surface area contributed by atoms with E-state index >= 15 is 0 Å². The van der Waals surface area contributed by atoms with E-state index in [-0.39, 0.29) is 30.2 Å². The van der Waals surface area contributed by atoms with Gasteiger partial charge < -0.3 is 15.1 Å². The summed E-state index contributed by atoms with van der Waals surface area (Å²) in [5.74, 6) is -0.235. The lowest BCUT2D eigenvalue weighted by Crippen LogP contribution is -2.40. The van der Waals surface area contributed by atoms with Crippen LogP contribution in [0.15, 0.2) is 24.3 Å². The lowest BCUT2D eigenvalue weighted by molar-refractivity contribution is -0.136. The Hall–Kier alpha value is -1.59. The Balaban J connectivity index is 1.86. The van der Waals surface area contributed by atoms with Gasteiger partial charge in [0.1, 0.15) is 0 Å². The molecule has 2 fully saturated rings. The second-order valence-corrected chi connectivity index (χ2v) is 6.68. The van der Waals surface area contributed by atoms with Crippen LogP contribution in [0.25, 0.3) is 0 Å². The first-order chi connectivity index (χ1) is 11.1. The number of carbonyl (C=O) groups is 2. The van der Waals surface area contributed by atoms with Crippen molar-refractivity contribution >= 4 is 23.4 Å². The number of nitrogens with zero attached hydrogens (tertiary/aromatic N) is 2. The van der Waals surface area contributed by atoms with E-state index in [1.54, 1.807) is 18.0 Å². The van der Waals surface area contributed by atoms with E-state index < -0.39 is 0 Å². The summed E-state index contributed by atoms with van der Waals surface area (Å²) < 4.78 is 0. The molecule has 124 valence electrons. The summed E-state index contributed by atoms with van der Waals surface area (Å²) in [6.45, 7) is 3.20. The van der Waals surface area contributed by atoms with Crippen molar-refractivity contribution in [2.24, 2.45) is 5.92 Å². The highest BCUT2D eigenvalue weighted by Crippen LogP contribution is 2.38. The molecule has 0 bridgehead atoms. The second kappa shape index (κ2) is 6.89. The minimum absolute atomic E-state index is 0.0151. The average Bonchev–Trinajstić information content (AvgIpc) is 2.73. The molecule has 3 rings (SSSR count). The molecule has 2 aliphatic rings. The second-order valence-electron chi connectivity index (χ2n) is 6.24. The van der Waals surface area contributed by atoms with Gasteiger partial charge in [-0.1, -0.05) is 23.7 Å². The summed E-state index contributed by atoms with van der Waals surface area (Å²) in [5, 5.41) is 3.93. The van der Waals surface area contributed by atoms with Crippen LogP contribution in [0.2, 0.25) is 5.02 Å². The van der Waals surface area contributed by atoms with Crippen molar-refractivity contribution in [1.82, 2.24) is 15.1 Å². The number of rotatable bonds is 2. The van der Waals surface area contributed by atoms with E-state index in [0.29, 0.717) is 11.6 Å². The van der Waals surface area contributed by atoms with Gasteiger partial charge in [0, 0.05) is 38.1 Å². The fourth-order valence-electron chi connectivity index (χ4n) is 3.54. The molecule has 5 nitrogen and oxygen atoms in total. The first kappa shape index (κ1) is 16.3. The minimum Gasteiger partial charge on any atom is -0.341 e. The first-order valence-electron chi connectivity index (χ1n) is 8.08. The number of carbonyl (C=O) groups excluding carboxylic acids is 2. The van der Waals surface area contributed by atoms with Gasteiger partial charge in [-0.25, -0.2) is 0 Å². The van der Waals surface area contributed by atoms with Crippen LogP contribution in [-0.4, -0.2) is 54.8 Å². The molecule has 0 aliphatic carbocycles. The van der Waals surface area contributed by atoms with Crippen LogP contribution < -0.4 is 5.32 Å². The molecule has 2 amide bonds. The lowest BCUT2D eigenvalue weighted by Gasteiger charge is -2.29. The Morgan fingerprint density at radius 2 is 2.13 bits per heavy atom. The molecule has 1 aromatic carbocycles. The Morgan fingerprint density at radius 3 is 2.91 bits per heavy atom. The van der Waals surface area contributed by atoms with Crippen molar-refractivity contribution in [3.05, 3.63) is 34.9 Å². The fraction of sp³-hybridized carbons (Fsp3) is 0.529. The number of hydrogen-bond donors (Lipinski definition) is 1. The van der Waals surface area contributed by atoms with Crippen molar-refractivity contribution < 1.29 is 9.59 Å². The van der Waals surface area contributed by atoms with Crippen LogP contribution in [-0.2, 0) is 9.59 Å². The molecule has 2 aliphatic heterocycles. The van der Waals surface area contributed by atoms with Crippen LogP contribution in [0.5, 0.6) is 0 Å². The van der Waals surface area contributed by atoms with Crippen LogP contribution in [0, 0.1) is 5.92 Å². The molecule has 23 heavy (non-hydrogen) atoms. The quantitative estimate of drug-likeness (QED) is 0.894. The standard InChI is InChI=1S/C17H22ClN3O2/c1-20-15(22)11-14(16(20)12-4-2-5-13(18)10-12)17(23)21-8-3-6-19-7-9-21/h2,4-5,10,14,16,19H,3,6-9,11H2,1H3.